The summed E-state index contributed by atoms with van der Waals surface area (Å²) in [7, 11) is 0. The zero-order valence-corrected chi connectivity index (χ0v) is 15.3. The highest BCUT2D eigenvalue weighted by Gasteiger charge is 2.33. The SMILES string of the molecule is O=C(COC(=O)CCNc1ccc(C(F)(F)F)cc1[N+](=O)[O-])NC[C@@H]1CCCO1. The number of hydrogen-bond acceptors (Lipinski definition) is 7. The fourth-order valence-electron chi connectivity index (χ4n) is 2.61. The van der Waals surface area contributed by atoms with Gasteiger partial charge in [-0.3, -0.25) is 19.7 Å². The van der Waals surface area contributed by atoms with E-state index in [1.165, 1.54) is 0 Å². The largest absolute Gasteiger partial charge is 0.456 e. The number of nitro groups is 1. The van der Waals surface area contributed by atoms with Gasteiger partial charge in [-0.1, -0.05) is 0 Å². The Balaban J connectivity index is 1.75. The molecule has 1 fully saturated rings. The van der Waals surface area contributed by atoms with Crippen molar-refractivity contribution in [3.05, 3.63) is 33.9 Å². The third-order valence-corrected chi connectivity index (χ3v) is 4.08. The summed E-state index contributed by atoms with van der Waals surface area (Å²) in [6, 6.07) is 2.04. The number of carbonyl (C=O) groups is 2. The second-order valence-corrected chi connectivity index (χ2v) is 6.26. The number of carbonyl (C=O) groups excluding carboxylic acids is 2. The minimum absolute atomic E-state index is 0.0432. The standard InChI is InChI=1S/C17H20F3N3O6/c18-17(19,20)11-3-4-13(14(8-11)23(26)27)21-6-5-16(25)29-10-15(24)22-9-12-2-1-7-28-12/h3-4,8,12,21H,1-2,5-7,9-10H2,(H,22,24)/t12-/m0/s1. The van der Waals surface area contributed by atoms with E-state index in [-0.39, 0.29) is 24.8 Å². The lowest BCUT2D eigenvalue weighted by molar-refractivity contribution is -0.384. The van der Waals surface area contributed by atoms with Crippen LogP contribution in [0.25, 0.3) is 0 Å². The van der Waals surface area contributed by atoms with Crippen LogP contribution in [-0.4, -0.2) is 49.2 Å². The zero-order chi connectivity index (χ0) is 21.4. The van der Waals surface area contributed by atoms with Gasteiger partial charge in [0, 0.05) is 25.8 Å². The summed E-state index contributed by atoms with van der Waals surface area (Å²) in [5, 5.41) is 16.1. The first-order valence-electron chi connectivity index (χ1n) is 8.80. The van der Waals surface area contributed by atoms with Gasteiger partial charge in [-0.05, 0) is 25.0 Å². The van der Waals surface area contributed by atoms with Crippen LogP contribution in [0.3, 0.4) is 0 Å². The topological polar surface area (TPSA) is 120 Å². The predicted octanol–water partition coefficient (Wildman–Crippen LogP) is 2.25. The monoisotopic (exact) mass is 419 g/mol. The first-order valence-corrected chi connectivity index (χ1v) is 8.80. The van der Waals surface area contributed by atoms with Crippen LogP contribution >= 0.6 is 0 Å². The molecule has 0 bridgehead atoms. The third kappa shape index (κ3) is 7.22. The van der Waals surface area contributed by atoms with Gasteiger partial charge in [0.05, 0.1) is 23.0 Å². The number of ether oxygens (including phenoxy) is 2. The van der Waals surface area contributed by atoms with Crippen LogP contribution in [0.4, 0.5) is 24.5 Å². The molecule has 1 atom stereocenters. The normalized spacial score (nSPS) is 16.3. The molecule has 0 aliphatic carbocycles. The highest BCUT2D eigenvalue weighted by atomic mass is 19.4. The predicted molar refractivity (Wildman–Crippen MR) is 94.1 cm³/mol. The van der Waals surface area contributed by atoms with Crippen molar-refractivity contribution in [2.45, 2.75) is 31.5 Å². The number of nitrogens with one attached hydrogen (secondary N) is 2. The van der Waals surface area contributed by atoms with Crippen LogP contribution in [0.5, 0.6) is 0 Å². The van der Waals surface area contributed by atoms with E-state index in [1.807, 2.05) is 0 Å². The molecule has 1 aliphatic rings. The molecule has 1 amide bonds. The van der Waals surface area contributed by atoms with Gasteiger partial charge in [-0.15, -0.1) is 0 Å². The Kier molecular flexibility index (Phi) is 7.76. The molecule has 1 heterocycles. The van der Waals surface area contributed by atoms with Gasteiger partial charge in [-0.25, -0.2) is 0 Å². The van der Waals surface area contributed by atoms with Crippen LogP contribution in [0.2, 0.25) is 0 Å². The Morgan fingerprint density at radius 1 is 1.34 bits per heavy atom. The maximum absolute atomic E-state index is 12.7. The molecule has 29 heavy (non-hydrogen) atoms. The number of alkyl halides is 3. The molecule has 0 unspecified atom stereocenters. The van der Waals surface area contributed by atoms with Crippen molar-refractivity contribution in [3.8, 4) is 0 Å². The highest BCUT2D eigenvalue weighted by Crippen LogP contribution is 2.34. The van der Waals surface area contributed by atoms with Crippen molar-refractivity contribution in [2.75, 3.05) is 31.6 Å². The number of nitro benzene ring substituents is 1. The maximum atomic E-state index is 12.7. The van der Waals surface area contributed by atoms with E-state index in [2.05, 4.69) is 10.6 Å². The molecule has 0 spiro atoms. The first kappa shape index (κ1) is 22.4. The summed E-state index contributed by atoms with van der Waals surface area (Å²) in [4.78, 5) is 33.3. The van der Waals surface area contributed by atoms with Crippen LogP contribution in [0.15, 0.2) is 18.2 Å². The molecule has 1 aromatic rings. The number of nitrogens with zero attached hydrogens (tertiary/aromatic N) is 1. The summed E-state index contributed by atoms with van der Waals surface area (Å²) in [5.74, 6) is -1.22. The number of esters is 1. The average Bonchev–Trinajstić information content (AvgIpc) is 3.17. The van der Waals surface area contributed by atoms with Crippen LogP contribution in [-0.2, 0) is 25.2 Å². The second kappa shape index (κ2) is 10.0. The van der Waals surface area contributed by atoms with E-state index in [0.717, 1.165) is 18.9 Å². The number of hydrogen-bond donors (Lipinski definition) is 2. The summed E-state index contributed by atoms with van der Waals surface area (Å²) >= 11 is 0. The van der Waals surface area contributed by atoms with Crippen LogP contribution in [0, 0.1) is 10.1 Å². The lowest BCUT2D eigenvalue weighted by atomic mass is 10.1. The third-order valence-electron chi connectivity index (χ3n) is 4.08. The molecule has 160 valence electrons. The number of benzene rings is 1. The minimum Gasteiger partial charge on any atom is -0.456 e. The van der Waals surface area contributed by atoms with E-state index in [4.69, 9.17) is 9.47 Å². The summed E-state index contributed by atoms with van der Waals surface area (Å²) < 4.78 is 48.1. The second-order valence-electron chi connectivity index (χ2n) is 6.26. The Morgan fingerprint density at radius 2 is 2.10 bits per heavy atom. The van der Waals surface area contributed by atoms with Gasteiger partial charge in [0.25, 0.3) is 11.6 Å². The Bertz CT molecular complexity index is 750. The smallest absolute Gasteiger partial charge is 0.416 e. The molecule has 1 aromatic carbocycles. The zero-order valence-electron chi connectivity index (χ0n) is 15.3. The lowest BCUT2D eigenvalue weighted by Crippen LogP contribution is -2.34. The van der Waals surface area contributed by atoms with E-state index in [1.54, 1.807) is 0 Å². The fraction of sp³-hybridized carbons (Fsp3) is 0.529. The van der Waals surface area contributed by atoms with Crippen molar-refractivity contribution in [2.24, 2.45) is 0 Å². The van der Waals surface area contributed by atoms with Crippen molar-refractivity contribution < 1.29 is 37.2 Å². The summed E-state index contributed by atoms with van der Waals surface area (Å²) in [6.07, 6.45) is -3.21. The van der Waals surface area contributed by atoms with E-state index in [9.17, 15) is 32.9 Å². The molecule has 2 rings (SSSR count). The molecule has 0 aromatic heterocycles. The molecular weight excluding hydrogens is 399 g/mol. The molecule has 2 N–H and O–H groups in total. The van der Waals surface area contributed by atoms with Gasteiger partial charge in [-0.2, -0.15) is 13.2 Å². The van der Waals surface area contributed by atoms with Gasteiger partial charge in [0.2, 0.25) is 0 Å². The van der Waals surface area contributed by atoms with Crippen LogP contribution in [0.1, 0.15) is 24.8 Å². The molecule has 9 nitrogen and oxygen atoms in total. The number of amides is 1. The van der Waals surface area contributed by atoms with Gasteiger partial charge >= 0.3 is 12.1 Å². The first-order chi connectivity index (χ1) is 13.7. The molecular formula is C17H20F3N3O6. The van der Waals surface area contributed by atoms with E-state index < -0.39 is 40.8 Å². The molecule has 1 aliphatic heterocycles. The Hall–Kier alpha value is -2.89. The Labute approximate surface area is 163 Å². The molecule has 0 radical (unpaired) electrons. The summed E-state index contributed by atoms with van der Waals surface area (Å²) in [5.41, 5.74) is -2.07. The molecule has 12 heteroatoms. The lowest BCUT2D eigenvalue weighted by Gasteiger charge is -2.11. The number of rotatable bonds is 9. The summed E-state index contributed by atoms with van der Waals surface area (Å²) in [6.45, 7) is 0.379. The van der Waals surface area contributed by atoms with Gasteiger partial charge in [0.15, 0.2) is 6.61 Å². The molecule has 1 saturated heterocycles. The average molecular weight is 419 g/mol. The quantitative estimate of drug-likeness (QED) is 0.358. The van der Waals surface area contributed by atoms with Crippen molar-refractivity contribution in [1.29, 1.82) is 0 Å². The number of halogens is 3. The Morgan fingerprint density at radius 3 is 2.72 bits per heavy atom. The van der Waals surface area contributed by atoms with E-state index >= 15 is 0 Å². The minimum atomic E-state index is -4.71. The van der Waals surface area contributed by atoms with Gasteiger partial charge < -0.3 is 20.1 Å². The van der Waals surface area contributed by atoms with Crippen molar-refractivity contribution >= 4 is 23.3 Å². The fourth-order valence-corrected chi connectivity index (χ4v) is 2.61. The highest BCUT2D eigenvalue weighted by molar-refractivity contribution is 5.80. The van der Waals surface area contributed by atoms with Crippen LogP contribution < -0.4 is 10.6 Å². The van der Waals surface area contributed by atoms with Crippen molar-refractivity contribution in [3.63, 3.8) is 0 Å². The number of anilines is 1. The van der Waals surface area contributed by atoms with E-state index in [0.29, 0.717) is 25.3 Å². The van der Waals surface area contributed by atoms with Crippen molar-refractivity contribution in [1.82, 2.24) is 5.32 Å². The maximum Gasteiger partial charge on any atom is 0.416 e. The molecule has 0 saturated carbocycles. The van der Waals surface area contributed by atoms with Gasteiger partial charge in [0.1, 0.15) is 5.69 Å².